The fourth-order valence-electron chi connectivity index (χ4n) is 3.50. The first-order chi connectivity index (χ1) is 15.1. The third-order valence-electron chi connectivity index (χ3n) is 4.81. The predicted molar refractivity (Wildman–Crippen MR) is 126 cm³/mol. The zero-order valence-electron chi connectivity index (χ0n) is 18.6. The Morgan fingerprint density at radius 2 is 1.72 bits per heavy atom. The predicted octanol–water partition coefficient (Wildman–Crippen LogP) is 3.42. The van der Waals surface area contributed by atoms with Crippen molar-refractivity contribution < 1.29 is 9.84 Å². The van der Waals surface area contributed by atoms with Gasteiger partial charge in [0, 0.05) is 18.1 Å². The zero-order valence-corrected chi connectivity index (χ0v) is 20.1. The highest BCUT2D eigenvalue weighted by Crippen LogP contribution is 2.27. The molecule has 0 spiro atoms. The van der Waals surface area contributed by atoms with Crippen LogP contribution in [0.2, 0.25) is 10.0 Å². The van der Waals surface area contributed by atoms with Gasteiger partial charge in [-0.25, -0.2) is 9.78 Å². The first-order valence-corrected chi connectivity index (χ1v) is 11.3. The average molecular weight is 483 g/mol. The number of rotatable bonds is 9. The van der Waals surface area contributed by atoms with Crippen LogP contribution in [0, 0.1) is 11.8 Å². The number of hydrogen-bond acceptors (Lipinski definition) is 5. The summed E-state index contributed by atoms with van der Waals surface area (Å²) in [5.41, 5.74) is -0.265. The van der Waals surface area contributed by atoms with Crippen molar-refractivity contribution in [1.82, 2.24) is 18.7 Å². The second-order valence-electron chi connectivity index (χ2n) is 8.71. The van der Waals surface area contributed by atoms with Gasteiger partial charge in [-0.1, -0.05) is 50.9 Å². The van der Waals surface area contributed by atoms with E-state index in [2.05, 4.69) is 4.98 Å². The van der Waals surface area contributed by atoms with Gasteiger partial charge >= 0.3 is 5.69 Å². The molecule has 0 aliphatic carbocycles. The number of fused-ring (bicyclic) bond motifs is 1. The normalized spacial score (nSPS) is 12.8. The van der Waals surface area contributed by atoms with Crippen molar-refractivity contribution in [2.24, 2.45) is 11.8 Å². The molecule has 0 amide bonds. The standard InChI is InChI=1S/C22H28Cl2N4O4/c1-13(2)8-26-12-25-20-19(26)21(30)28(22(31)27(20)9-14(3)4)10-16(29)11-32-18-6-5-15(23)7-17(18)24/h5-7,12-14,16,29H,8-11H2,1-4H3. The Morgan fingerprint density at radius 1 is 1.03 bits per heavy atom. The molecule has 0 radical (unpaired) electrons. The quantitative estimate of drug-likeness (QED) is 0.504. The molecule has 174 valence electrons. The molecule has 3 rings (SSSR count). The van der Waals surface area contributed by atoms with E-state index in [9.17, 15) is 14.7 Å². The third kappa shape index (κ3) is 5.36. The van der Waals surface area contributed by atoms with Gasteiger partial charge in [0.05, 0.1) is 17.9 Å². The highest BCUT2D eigenvalue weighted by Gasteiger charge is 2.21. The Balaban J connectivity index is 1.95. The Kier molecular flexibility index (Phi) is 7.69. The molecule has 0 aliphatic rings. The molecule has 1 unspecified atom stereocenters. The number of hydrogen-bond donors (Lipinski definition) is 1. The molecule has 10 heteroatoms. The molecule has 1 N–H and O–H groups in total. The van der Waals surface area contributed by atoms with Crippen molar-refractivity contribution in [3.8, 4) is 5.75 Å². The van der Waals surface area contributed by atoms with E-state index in [-0.39, 0.29) is 25.0 Å². The van der Waals surface area contributed by atoms with Crippen LogP contribution < -0.4 is 16.0 Å². The van der Waals surface area contributed by atoms with Crippen LogP contribution in [-0.4, -0.2) is 36.5 Å². The molecule has 0 saturated carbocycles. The molecule has 1 aromatic carbocycles. The van der Waals surface area contributed by atoms with Crippen LogP contribution in [0.25, 0.3) is 11.2 Å². The molecule has 2 heterocycles. The van der Waals surface area contributed by atoms with Crippen molar-refractivity contribution in [2.75, 3.05) is 6.61 Å². The topological polar surface area (TPSA) is 91.3 Å². The molecule has 2 aromatic heterocycles. The molecular formula is C22H28Cl2N4O4. The number of benzene rings is 1. The molecule has 8 nitrogen and oxygen atoms in total. The number of aliphatic hydroxyl groups excluding tert-OH is 1. The van der Waals surface area contributed by atoms with Crippen LogP contribution in [-0.2, 0) is 19.6 Å². The van der Waals surface area contributed by atoms with Crippen molar-refractivity contribution in [3.63, 3.8) is 0 Å². The summed E-state index contributed by atoms with van der Waals surface area (Å²) >= 11 is 12.0. The van der Waals surface area contributed by atoms with Gasteiger partial charge in [0.15, 0.2) is 11.2 Å². The molecule has 3 aromatic rings. The molecule has 1 atom stereocenters. The molecule has 0 fully saturated rings. The number of nitrogens with zero attached hydrogens (tertiary/aromatic N) is 4. The SMILES string of the molecule is CC(C)Cn1cnc2c1c(=O)n(CC(O)COc1ccc(Cl)cc1Cl)c(=O)n2CC(C)C. The van der Waals surface area contributed by atoms with Crippen molar-refractivity contribution in [1.29, 1.82) is 0 Å². The Morgan fingerprint density at radius 3 is 2.34 bits per heavy atom. The Hall–Kier alpha value is -2.29. The van der Waals surface area contributed by atoms with Crippen molar-refractivity contribution in [2.45, 2.75) is 53.4 Å². The summed E-state index contributed by atoms with van der Waals surface area (Å²) in [5, 5.41) is 11.3. The highest BCUT2D eigenvalue weighted by atomic mass is 35.5. The largest absolute Gasteiger partial charge is 0.489 e. The number of aromatic nitrogens is 4. The number of imidazole rings is 1. The Labute approximate surface area is 196 Å². The molecular weight excluding hydrogens is 455 g/mol. The summed E-state index contributed by atoms with van der Waals surface area (Å²) in [6.45, 7) is 8.67. The summed E-state index contributed by atoms with van der Waals surface area (Å²) in [6, 6.07) is 4.74. The van der Waals surface area contributed by atoms with E-state index in [0.717, 1.165) is 4.57 Å². The summed E-state index contributed by atoms with van der Waals surface area (Å²) in [5.74, 6) is 0.802. The van der Waals surface area contributed by atoms with Crippen LogP contribution >= 0.6 is 23.2 Å². The first kappa shape index (κ1) is 24.4. The molecule has 0 saturated heterocycles. The van der Waals surface area contributed by atoms with Crippen LogP contribution in [0.4, 0.5) is 0 Å². The number of halogens is 2. The van der Waals surface area contributed by atoms with E-state index in [1.54, 1.807) is 23.0 Å². The van der Waals surface area contributed by atoms with Crippen LogP contribution in [0.15, 0.2) is 34.1 Å². The molecule has 32 heavy (non-hydrogen) atoms. The van der Waals surface area contributed by atoms with Gasteiger partial charge in [-0.3, -0.25) is 13.9 Å². The molecule has 0 aliphatic heterocycles. The van der Waals surface area contributed by atoms with E-state index >= 15 is 0 Å². The number of aliphatic hydroxyl groups is 1. The minimum absolute atomic E-state index is 0.152. The minimum atomic E-state index is -1.11. The van der Waals surface area contributed by atoms with Crippen LogP contribution in [0.5, 0.6) is 5.75 Å². The lowest BCUT2D eigenvalue weighted by atomic mass is 10.2. The second-order valence-corrected chi connectivity index (χ2v) is 9.55. The molecule has 0 bridgehead atoms. The van der Waals surface area contributed by atoms with Gasteiger partial charge in [-0.05, 0) is 30.0 Å². The van der Waals surface area contributed by atoms with Gasteiger partial charge in [-0.15, -0.1) is 0 Å². The van der Waals surface area contributed by atoms with Crippen LogP contribution in [0.1, 0.15) is 27.7 Å². The van der Waals surface area contributed by atoms with Gasteiger partial charge in [0.2, 0.25) is 0 Å². The highest BCUT2D eigenvalue weighted by molar-refractivity contribution is 6.35. The lowest BCUT2D eigenvalue weighted by Crippen LogP contribution is -2.44. The maximum Gasteiger partial charge on any atom is 0.332 e. The van der Waals surface area contributed by atoms with Gasteiger partial charge in [-0.2, -0.15) is 0 Å². The fraction of sp³-hybridized carbons (Fsp3) is 0.500. The summed E-state index contributed by atoms with van der Waals surface area (Å²) < 4.78 is 9.89. The smallest absolute Gasteiger partial charge is 0.332 e. The minimum Gasteiger partial charge on any atom is -0.489 e. The maximum absolute atomic E-state index is 13.3. The monoisotopic (exact) mass is 482 g/mol. The second kappa shape index (κ2) is 10.1. The summed E-state index contributed by atoms with van der Waals surface area (Å²) in [4.78, 5) is 30.8. The lowest BCUT2D eigenvalue weighted by Gasteiger charge is -2.17. The summed E-state index contributed by atoms with van der Waals surface area (Å²) in [7, 11) is 0. The van der Waals surface area contributed by atoms with E-state index in [1.807, 2.05) is 27.7 Å². The third-order valence-corrected chi connectivity index (χ3v) is 5.34. The van der Waals surface area contributed by atoms with Gasteiger partial charge in [0.25, 0.3) is 5.56 Å². The van der Waals surface area contributed by atoms with Gasteiger partial charge < -0.3 is 14.4 Å². The average Bonchev–Trinajstić information content (AvgIpc) is 3.10. The van der Waals surface area contributed by atoms with Crippen molar-refractivity contribution in [3.05, 3.63) is 55.4 Å². The summed E-state index contributed by atoms with van der Waals surface area (Å²) in [6.07, 6.45) is 0.480. The number of ether oxygens (including phenoxy) is 1. The van der Waals surface area contributed by atoms with E-state index in [4.69, 9.17) is 27.9 Å². The maximum atomic E-state index is 13.3. The first-order valence-electron chi connectivity index (χ1n) is 10.5. The zero-order chi connectivity index (χ0) is 23.6. The van der Waals surface area contributed by atoms with Crippen LogP contribution in [0.3, 0.4) is 0 Å². The van der Waals surface area contributed by atoms with E-state index in [0.29, 0.717) is 40.0 Å². The van der Waals surface area contributed by atoms with E-state index < -0.39 is 17.4 Å². The van der Waals surface area contributed by atoms with Gasteiger partial charge in [0.1, 0.15) is 18.5 Å². The Bertz CT molecular complexity index is 1210. The van der Waals surface area contributed by atoms with Crippen molar-refractivity contribution >= 4 is 34.4 Å². The fourth-order valence-corrected chi connectivity index (χ4v) is 3.97. The van der Waals surface area contributed by atoms with E-state index in [1.165, 1.54) is 10.6 Å². The lowest BCUT2D eigenvalue weighted by molar-refractivity contribution is 0.0901.